The molecule has 0 aliphatic heterocycles. The first-order valence-corrected chi connectivity index (χ1v) is 13.7. The molecular weight excluding hydrogens is 480 g/mol. The Morgan fingerprint density at radius 2 is 1.24 bits per heavy atom. The van der Waals surface area contributed by atoms with E-state index in [1.54, 1.807) is 0 Å². The monoisotopic (exact) mass is 502 g/mol. The van der Waals surface area contributed by atoms with E-state index in [-0.39, 0.29) is 0 Å². The van der Waals surface area contributed by atoms with Crippen molar-refractivity contribution >= 4 is 64.1 Å². The van der Waals surface area contributed by atoms with Crippen molar-refractivity contribution in [1.29, 1.82) is 0 Å². The van der Waals surface area contributed by atoms with Crippen LogP contribution in [0.25, 0.3) is 75.0 Å². The molecule has 2 aromatic heterocycles. The van der Waals surface area contributed by atoms with Crippen LogP contribution in [0.4, 0.5) is 0 Å². The van der Waals surface area contributed by atoms with E-state index in [0.717, 1.165) is 27.5 Å². The predicted octanol–water partition coefficient (Wildman–Crippen LogP) is 9.95. The molecule has 38 heavy (non-hydrogen) atoms. The highest BCUT2D eigenvalue weighted by Crippen LogP contribution is 2.41. The van der Waals surface area contributed by atoms with Crippen molar-refractivity contribution in [2.24, 2.45) is 0 Å². The summed E-state index contributed by atoms with van der Waals surface area (Å²) in [5, 5.41) is 7.37. The van der Waals surface area contributed by atoms with Crippen LogP contribution in [0, 0.1) is 6.92 Å². The number of rotatable bonds is 2. The van der Waals surface area contributed by atoms with Crippen molar-refractivity contribution < 1.29 is 0 Å². The summed E-state index contributed by atoms with van der Waals surface area (Å²) in [7, 11) is 0. The second-order valence-corrected chi connectivity index (χ2v) is 10.9. The Labute approximate surface area is 223 Å². The van der Waals surface area contributed by atoms with E-state index >= 15 is 0 Å². The van der Waals surface area contributed by atoms with E-state index in [4.69, 9.17) is 9.97 Å². The highest BCUT2D eigenvalue weighted by molar-refractivity contribution is 7.26. The molecule has 0 aliphatic carbocycles. The first-order valence-electron chi connectivity index (χ1n) is 12.8. The van der Waals surface area contributed by atoms with Crippen LogP contribution < -0.4 is 0 Å². The number of nitrogens with zero attached hydrogens (tertiary/aromatic N) is 2. The van der Waals surface area contributed by atoms with Gasteiger partial charge in [-0.2, -0.15) is 0 Å². The van der Waals surface area contributed by atoms with E-state index in [2.05, 4.69) is 109 Å². The minimum atomic E-state index is 0.932. The third-order valence-electron chi connectivity index (χ3n) is 7.55. The predicted molar refractivity (Wildman–Crippen MR) is 163 cm³/mol. The van der Waals surface area contributed by atoms with Crippen LogP contribution >= 0.6 is 11.3 Å². The number of benzene rings is 6. The number of fused-ring (bicyclic) bond motifs is 9. The van der Waals surface area contributed by atoms with Crippen molar-refractivity contribution in [1.82, 2.24) is 9.97 Å². The van der Waals surface area contributed by atoms with Gasteiger partial charge in [-0.05, 0) is 58.1 Å². The standard InChI is InChI=1S/C35H22N2S/c1-21-20-36-33-28-12-3-2-10-26(28)31-19-23(16-17-29(31)34(33)37-21)22-8-6-9-24(18-22)25-13-7-14-30-27-11-4-5-15-32(27)38-35(25)30/h2-20H,1H3. The molecule has 8 aromatic rings. The topological polar surface area (TPSA) is 25.8 Å². The van der Waals surface area contributed by atoms with Gasteiger partial charge in [-0.15, -0.1) is 11.3 Å². The Balaban J connectivity index is 1.34. The molecule has 3 heteroatoms. The first-order chi connectivity index (χ1) is 18.7. The molecule has 0 spiro atoms. The van der Waals surface area contributed by atoms with Gasteiger partial charge in [0.05, 0.1) is 16.7 Å². The van der Waals surface area contributed by atoms with Crippen LogP contribution in [-0.4, -0.2) is 9.97 Å². The lowest BCUT2D eigenvalue weighted by molar-refractivity contribution is 1.19. The van der Waals surface area contributed by atoms with Crippen molar-refractivity contribution in [3.05, 3.63) is 121 Å². The zero-order valence-corrected chi connectivity index (χ0v) is 21.6. The highest BCUT2D eigenvalue weighted by Gasteiger charge is 2.14. The van der Waals surface area contributed by atoms with Crippen LogP contribution in [0.15, 0.2) is 115 Å². The average molecular weight is 503 g/mol. The fourth-order valence-corrected chi connectivity index (χ4v) is 7.02. The maximum Gasteiger partial charge on any atom is 0.0974 e. The summed E-state index contributed by atoms with van der Waals surface area (Å²) >= 11 is 1.88. The SMILES string of the molecule is Cc1cnc2c3ccccc3c3cc(-c4cccc(-c5cccc6c5sc5ccccc56)c4)ccc3c2n1. The molecular formula is C35H22N2S. The normalized spacial score (nSPS) is 11.8. The second-order valence-electron chi connectivity index (χ2n) is 9.88. The van der Waals surface area contributed by atoms with Crippen molar-refractivity contribution in [2.45, 2.75) is 6.92 Å². The summed E-state index contributed by atoms with van der Waals surface area (Å²) in [6.45, 7) is 2.00. The lowest BCUT2D eigenvalue weighted by Crippen LogP contribution is -1.91. The van der Waals surface area contributed by atoms with Crippen molar-refractivity contribution in [3.8, 4) is 22.3 Å². The van der Waals surface area contributed by atoms with Gasteiger partial charge in [0.1, 0.15) is 0 Å². The fourth-order valence-electron chi connectivity index (χ4n) is 5.78. The molecule has 0 atom stereocenters. The lowest BCUT2D eigenvalue weighted by Gasteiger charge is -2.12. The van der Waals surface area contributed by atoms with Gasteiger partial charge in [0, 0.05) is 37.1 Å². The summed E-state index contributed by atoms with van der Waals surface area (Å²) in [4.78, 5) is 9.66. The maximum atomic E-state index is 4.90. The van der Waals surface area contributed by atoms with Crippen molar-refractivity contribution in [2.75, 3.05) is 0 Å². The Morgan fingerprint density at radius 3 is 2.16 bits per heavy atom. The van der Waals surface area contributed by atoms with Gasteiger partial charge in [0.15, 0.2) is 0 Å². The molecule has 0 N–H and O–H groups in total. The van der Waals surface area contributed by atoms with Crippen LogP contribution in [-0.2, 0) is 0 Å². The molecule has 2 heterocycles. The molecule has 6 aromatic carbocycles. The van der Waals surface area contributed by atoms with Gasteiger partial charge in [-0.25, -0.2) is 4.98 Å². The number of hydrogen-bond acceptors (Lipinski definition) is 3. The van der Waals surface area contributed by atoms with Crippen LogP contribution in [0.3, 0.4) is 0 Å². The fraction of sp³-hybridized carbons (Fsp3) is 0.0286. The molecule has 178 valence electrons. The van der Waals surface area contributed by atoms with Crippen LogP contribution in [0.2, 0.25) is 0 Å². The smallest absolute Gasteiger partial charge is 0.0974 e. The minimum Gasteiger partial charge on any atom is -0.252 e. The number of aryl methyl sites for hydroxylation is 1. The van der Waals surface area contributed by atoms with E-state index in [9.17, 15) is 0 Å². The molecule has 0 amide bonds. The third-order valence-corrected chi connectivity index (χ3v) is 8.77. The summed E-state index contributed by atoms with van der Waals surface area (Å²) < 4.78 is 2.67. The summed E-state index contributed by atoms with van der Waals surface area (Å²) in [5.74, 6) is 0. The summed E-state index contributed by atoms with van der Waals surface area (Å²) in [6, 6.07) is 39.6. The van der Waals surface area contributed by atoms with Crippen LogP contribution in [0.5, 0.6) is 0 Å². The summed E-state index contributed by atoms with van der Waals surface area (Å²) in [5.41, 5.74) is 7.80. The maximum absolute atomic E-state index is 4.90. The molecule has 0 bridgehead atoms. The largest absolute Gasteiger partial charge is 0.252 e. The van der Waals surface area contributed by atoms with E-state index in [1.165, 1.54) is 53.2 Å². The van der Waals surface area contributed by atoms with Gasteiger partial charge < -0.3 is 0 Å². The van der Waals surface area contributed by atoms with E-state index < -0.39 is 0 Å². The molecule has 8 rings (SSSR count). The number of hydrogen-bond donors (Lipinski definition) is 0. The summed E-state index contributed by atoms with van der Waals surface area (Å²) in [6.07, 6.45) is 1.86. The molecule has 2 nitrogen and oxygen atoms in total. The molecule has 0 radical (unpaired) electrons. The van der Waals surface area contributed by atoms with E-state index in [0.29, 0.717) is 0 Å². The Morgan fingerprint density at radius 1 is 0.526 bits per heavy atom. The van der Waals surface area contributed by atoms with Crippen LogP contribution in [0.1, 0.15) is 5.69 Å². The number of aromatic nitrogens is 2. The minimum absolute atomic E-state index is 0.932. The molecule has 0 aliphatic rings. The van der Waals surface area contributed by atoms with Crippen molar-refractivity contribution in [3.63, 3.8) is 0 Å². The Hall–Kier alpha value is -4.60. The van der Waals surface area contributed by atoms with E-state index in [1.807, 2.05) is 24.5 Å². The number of thiophene rings is 1. The molecule has 0 saturated carbocycles. The zero-order valence-electron chi connectivity index (χ0n) is 20.8. The van der Waals surface area contributed by atoms with Gasteiger partial charge in [-0.1, -0.05) is 91.0 Å². The lowest BCUT2D eigenvalue weighted by atomic mass is 9.94. The first kappa shape index (κ1) is 21.5. The highest BCUT2D eigenvalue weighted by atomic mass is 32.1. The Kier molecular flexibility index (Phi) is 4.64. The van der Waals surface area contributed by atoms with Gasteiger partial charge in [0.2, 0.25) is 0 Å². The van der Waals surface area contributed by atoms with Gasteiger partial charge in [-0.3, -0.25) is 4.98 Å². The molecule has 0 saturated heterocycles. The van der Waals surface area contributed by atoms with Gasteiger partial charge >= 0.3 is 0 Å². The quantitative estimate of drug-likeness (QED) is 0.220. The Bertz CT molecular complexity index is 2210. The molecule has 0 unspecified atom stereocenters. The second kappa shape index (κ2) is 8.20. The molecule has 0 fully saturated rings. The van der Waals surface area contributed by atoms with Gasteiger partial charge in [0.25, 0.3) is 0 Å². The third kappa shape index (κ3) is 3.19. The average Bonchev–Trinajstić information content (AvgIpc) is 3.36. The zero-order chi connectivity index (χ0) is 25.2.